The van der Waals surface area contributed by atoms with E-state index in [1.165, 1.54) is 22.3 Å². The molecule has 0 N–H and O–H groups in total. The first-order valence-electron chi connectivity index (χ1n) is 18.4. The topological polar surface area (TPSA) is 54.0 Å². The second-order valence-corrected chi connectivity index (χ2v) is 14.2. The fraction of sp³-hybridized carbons (Fsp3) is 0.0800. The van der Waals surface area contributed by atoms with Crippen molar-refractivity contribution in [2.24, 2.45) is 0 Å². The van der Waals surface area contributed by atoms with Gasteiger partial charge in [0.25, 0.3) is 0 Å². The summed E-state index contributed by atoms with van der Waals surface area (Å²) in [6.45, 7) is 10.3. The van der Waals surface area contributed by atoms with E-state index in [1.54, 1.807) is 0 Å². The van der Waals surface area contributed by atoms with Crippen LogP contribution < -0.4 is 9.97 Å². The van der Waals surface area contributed by atoms with Crippen LogP contribution >= 0.6 is 0 Å². The molecule has 4 nitrogen and oxygen atoms in total. The molecule has 0 aliphatic carbocycles. The maximum atomic E-state index is 5.39. The summed E-state index contributed by atoms with van der Waals surface area (Å²) in [6.07, 6.45) is 11.2. The van der Waals surface area contributed by atoms with Crippen molar-refractivity contribution in [3.63, 3.8) is 0 Å². The van der Waals surface area contributed by atoms with Crippen molar-refractivity contribution in [2.75, 3.05) is 0 Å². The van der Waals surface area contributed by atoms with Crippen molar-refractivity contribution < 1.29 is 19.5 Å². The molecule has 0 atom stereocenters. The monoisotopic (exact) mass is 758 g/mol. The number of rotatable bonds is 6. The van der Waals surface area contributed by atoms with Crippen molar-refractivity contribution in [2.45, 2.75) is 27.2 Å². The third kappa shape index (κ3) is 6.89. The van der Waals surface area contributed by atoms with Crippen LogP contribution in [0.15, 0.2) is 134 Å². The molecule has 2 aliphatic heterocycles. The van der Waals surface area contributed by atoms with Gasteiger partial charge in [-0.1, -0.05) is 144 Å². The average molecular weight is 760 g/mol. The quantitative estimate of drug-likeness (QED) is 0.125. The van der Waals surface area contributed by atoms with Crippen molar-refractivity contribution in [1.82, 2.24) is 19.9 Å². The molecule has 0 spiro atoms. The Morgan fingerprint density at radius 1 is 0.418 bits per heavy atom. The summed E-state index contributed by atoms with van der Waals surface area (Å²) < 4.78 is 0. The molecule has 8 bridgehead atoms. The van der Waals surface area contributed by atoms with E-state index in [4.69, 9.17) is 19.9 Å². The third-order valence-electron chi connectivity index (χ3n) is 10.3. The number of nitrogens with zero attached hydrogens (tertiary/aromatic N) is 4. The molecule has 0 fully saturated rings. The minimum absolute atomic E-state index is 0. The normalized spacial score (nSPS) is 11.8. The van der Waals surface area contributed by atoms with Crippen LogP contribution in [0.2, 0.25) is 0 Å². The summed E-state index contributed by atoms with van der Waals surface area (Å²) in [5, 5.41) is 0. The minimum Gasteiger partial charge on any atom is -0.657 e. The van der Waals surface area contributed by atoms with E-state index in [0.29, 0.717) is 0 Å². The van der Waals surface area contributed by atoms with Crippen molar-refractivity contribution in [3.8, 4) is 44.5 Å². The number of benzene rings is 4. The molecule has 4 aromatic carbocycles. The predicted octanol–water partition coefficient (Wildman–Crippen LogP) is 12.2. The van der Waals surface area contributed by atoms with Gasteiger partial charge in [-0.3, -0.25) is 0 Å². The number of aromatic nitrogens is 4. The molecule has 5 heteroatoms. The maximum Gasteiger partial charge on any atom is 2.00 e. The first kappa shape index (κ1) is 35.9. The fourth-order valence-electron chi connectivity index (χ4n) is 7.41. The van der Waals surface area contributed by atoms with Gasteiger partial charge >= 0.3 is 19.5 Å². The van der Waals surface area contributed by atoms with E-state index < -0.39 is 0 Å². The molecule has 0 radical (unpaired) electrons. The number of hydrogen-bond donors (Lipinski definition) is 0. The van der Waals surface area contributed by atoms with Crippen LogP contribution in [0, 0.1) is 20.8 Å². The summed E-state index contributed by atoms with van der Waals surface area (Å²) in [7, 11) is 0. The first-order chi connectivity index (χ1) is 26.4. The van der Waals surface area contributed by atoms with E-state index >= 15 is 0 Å². The predicted molar refractivity (Wildman–Crippen MR) is 227 cm³/mol. The molecule has 2 aliphatic rings. The van der Waals surface area contributed by atoms with Crippen LogP contribution in [0.5, 0.6) is 0 Å². The zero-order chi connectivity index (χ0) is 36.8. The molecule has 260 valence electrons. The summed E-state index contributed by atoms with van der Waals surface area (Å²) in [6, 6.07) is 43.0. The van der Waals surface area contributed by atoms with E-state index in [9.17, 15) is 0 Å². The molecule has 55 heavy (non-hydrogen) atoms. The summed E-state index contributed by atoms with van der Waals surface area (Å²) >= 11 is 0. The molecule has 7 aromatic rings. The van der Waals surface area contributed by atoms with Gasteiger partial charge in [-0.15, -0.1) is 28.6 Å². The van der Waals surface area contributed by atoms with Crippen LogP contribution in [0.3, 0.4) is 0 Å². The number of fused-ring (bicyclic) bond motifs is 8. The molecule has 9 rings (SSSR count). The number of allylic oxidation sites excluding steroid dienone is 1. The van der Waals surface area contributed by atoms with Gasteiger partial charge in [0.2, 0.25) is 0 Å². The van der Waals surface area contributed by atoms with Crippen LogP contribution in [-0.4, -0.2) is 9.97 Å². The van der Waals surface area contributed by atoms with Crippen molar-refractivity contribution >= 4 is 46.4 Å². The van der Waals surface area contributed by atoms with Crippen LogP contribution in [0.25, 0.3) is 90.9 Å². The largest absolute Gasteiger partial charge is 2.00 e. The Morgan fingerprint density at radius 3 is 0.964 bits per heavy atom. The molecule has 0 amide bonds. The van der Waals surface area contributed by atoms with Gasteiger partial charge in [0.05, 0.1) is 22.8 Å². The van der Waals surface area contributed by atoms with Gasteiger partial charge in [0.15, 0.2) is 0 Å². The van der Waals surface area contributed by atoms with E-state index in [0.717, 1.165) is 95.8 Å². The van der Waals surface area contributed by atoms with Crippen LogP contribution in [-0.2, 0) is 25.9 Å². The Kier molecular flexibility index (Phi) is 9.73. The SMILES string of the molecule is C=CCc1ccc(-c2c3nc(c(-c4ccc(C)cc4)c4ccc([n-]4)c(-c4ccc(C)cc4)c4nc(c(-c5ccc(C)cc5)c5ccc2[n-]5)C=C4)C=C3)cc1.[Zn+2]. The Balaban J connectivity index is 0.00000427. The van der Waals surface area contributed by atoms with Gasteiger partial charge in [0, 0.05) is 0 Å². The second kappa shape index (κ2) is 14.9. The second-order valence-electron chi connectivity index (χ2n) is 14.2. The standard InChI is InChI=1S/C50H38N4.Zn/c1-5-6-34-13-21-38(22-14-34)50-45-29-27-43(53-45)48(36-17-9-32(3)10-18-36)41-25-23-39(51-41)47(35-15-7-31(2)8-16-35)40-24-26-42(52-40)49(44-28-30-46(50)54-44)37-19-11-33(4)12-20-37;/h5,7-30H,1,6H2,2-4H3;/q-2;+2. The summed E-state index contributed by atoms with van der Waals surface area (Å²) in [5.74, 6) is 0. The van der Waals surface area contributed by atoms with Crippen LogP contribution in [0.4, 0.5) is 0 Å². The Morgan fingerprint density at radius 2 is 0.691 bits per heavy atom. The Bertz CT molecular complexity index is 2750. The molecule has 0 saturated heterocycles. The molecule has 0 unspecified atom stereocenters. The van der Waals surface area contributed by atoms with E-state index in [2.05, 4.69) is 173 Å². The molecular formula is C50H38N4Zn. The van der Waals surface area contributed by atoms with E-state index in [-0.39, 0.29) is 19.5 Å². The Hall–Kier alpha value is -6.16. The third-order valence-corrected chi connectivity index (χ3v) is 10.3. The molecular weight excluding hydrogens is 722 g/mol. The molecule has 0 saturated carbocycles. The van der Waals surface area contributed by atoms with Gasteiger partial charge in [0.1, 0.15) is 0 Å². The van der Waals surface area contributed by atoms with Gasteiger partial charge in [-0.05, 0) is 102 Å². The zero-order valence-corrected chi connectivity index (χ0v) is 34.3. The number of aryl methyl sites for hydroxylation is 3. The van der Waals surface area contributed by atoms with Crippen molar-refractivity contribution in [1.29, 1.82) is 0 Å². The van der Waals surface area contributed by atoms with Crippen molar-refractivity contribution in [3.05, 3.63) is 179 Å². The molecule has 3 aromatic heterocycles. The van der Waals surface area contributed by atoms with Gasteiger partial charge in [-0.2, -0.15) is 0 Å². The molecule has 5 heterocycles. The number of hydrogen-bond acceptors (Lipinski definition) is 2. The first-order valence-corrected chi connectivity index (χ1v) is 18.4. The van der Waals surface area contributed by atoms with Crippen LogP contribution in [0.1, 0.15) is 45.0 Å². The van der Waals surface area contributed by atoms with E-state index in [1.807, 2.05) is 6.08 Å². The van der Waals surface area contributed by atoms with Gasteiger partial charge < -0.3 is 9.97 Å². The smallest absolute Gasteiger partial charge is 0.657 e. The Labute approximate surface area is 334 Å². The summed E-state index contributed by atoms with van der Waals surface area (Å²) in [5.41, 5.74) is 19.8. The zero-order valence-electron chi connectivity index (χ0n) is 31.3. The maximum absolute atomic E-state index is 5.39. The fourth-order valence-corrected chi connectivity index (χ4v) is 7.41. The minimum atomic E-state index is 0. The average Bonchev–Trinajstić information content (AvgIpc) is 4.02. The summed E-state index contributed by atoms with van der Waals surface area (Å²) in [4.78, 5) is 21.5. The van der Waals surface area contributed by atoms with Gasteiger partial charge in [-0.25, -0.2) is 9.97 Å².